The molecule has 2 N–H and O–H groups in total. The van der Waals surface area contributed by atoms with Gasteiger partial charge < -0.3 is 9.97 Å². The second-order valence-corrected chi connectivity index (χ2v) is 4.35. The van der Waals surface area contributed by atoms with E-state index in [0.717, 1.165) is 10.8 Å². The molecule has 0 bridgehead atoms. The van der Waals surface area contributed by atoms with Crippen molar-refractivity contribution < 1.29 is 4.79 Å². The molecule has 5 nitrogen and oxygen atoms in total. The van der Waals surface area contributed by atoms with Gasteiger partial charge in [-0.3, -0.25) is 14.4 Å². The van der Waals surface area contributed by atoms with Crippen LogP contribution in [0.5, 0.6) is 0 Å². The van der Waals surface area contributed by atoms with E-state index in [0.29, 0.717) is 16.6 Å². The van der Waals surface area contributed by atoms with Gasteiger partial charge >= 0.3 is 11.1 Å². The number of hydrogen-bond donors (Lipinski definition) is 2. The smallest absolute Gasteiger partial charge is 0.314 e. The zero-order valence-corrected chi connectivity index (χ0v) is 10.1. The van der Waals surface area contributed by atoms with Gasteiger partial charge in [0.25, 0.3) is 0 Å². The summed E-state index contributed by atoms with van der Waals surface area (Å²) in [5.41, 5.74) is 0.275. The van der Waals surface area contributed by atoms with Gasteiger partial charge in [-0.05, 0) is 18.4 Å². The van der Waals surface area contributed by atoms with Crippen LogP contribution in [0.3, 0.4) is 0 Å². The minimum absolute atomic E-state index is 0.0447. The predicted octanol–water partition coefficient (Wildman–Crippen LogP) is 1.57. The Bertz CT molecular complexity index is 935. The van der Waals surface area contributed by atoms with Crippen molar-refractivity contribution >= 4 is 27.6 Å². The van der Waals surface area contributed by atoms with Crippen LogP contribution in [-0.4, -0.2) is 15.8 Å². The summed E-state index contributed by atoms with van der Waals surface area (Å²) < 4.78 is 0. The summed E-state index contributed by atoms with van der Waals surface area (Å²) in [5.74, 6) is -0.0447. The highest BCUT2D eigenvalue weighted by molar-refractivity contribution is 6.13. The van der Waals surface area contributed by atoms with Crippen molar-refractivity contribution in [3.05, 3.63) is 56.6 Å². The summed E-state index contributed by atoms with van der Waals surface area (Å²) >= 11 is 0. The fourth-order valence-corrected chi connectivity index (χ4v) is 2.25. The van der Waals surface area contributed by atoms with Gasteiger partial charge in [-0.2, -0.15) is 0 Å². The summed E-state index contributed by atoms with van der Waals surface area (Å²) in [6, 6.07) is 8.74. The maximum absolute atomic E-state index is 11.6. The lowest BCUT2D eigenvalue weighted by molar-refractivity contribution is 0.101. The SMILES string of the molecule is CC(=O)c1cccc2c1ccc1[nH]c(=O)c(=O)[nH]c12. The molecular formula is C14H10N2O3. The average Bonchev–Trinajstić information content (AvgIpc) is 2.39. The lowest BCUT2D eigenvalue weighted by atomic mass is 10.0. The highest BCUT2D eigenvalue weighted by atomic mass is 16.2. The van der Waals surface area contributed by atoms with Crippen molar-refractivity contribution in [2.75, 3.05) is 0 Å². The second kappa shape index (κ2) is 3.91. The number of fused-ring (bicyclic) bond motifs is 3. The van der Waals surface area contributed by atoms with Crippen LogP contribution in [0.4, 0.5) is 0 Å². The number of carbonyl (C=O) groups is 1. The topological polar surface area (TPSA) is 82.8 Å². The minimum atomic E-state index is -0.701. The largest absolute Gasteiger partial charge is 0.316 e. The first-order valence-corrected chi connectivity index (χ1v) is 5.77. The Morgan fingerprint density at radius 1 is 0.947 bits per heavy atom. The molecule has 0 aliphatic rings. The zero-order valence-electron chi connectivity index (χ0n) is 10.1. The van der Waals surface area contributed by atoms with E-state index in [-0.39, 0.29) is 5.78 Å². The van der Waals surface area contributed by atoms with Crippen molar-refractivity contribution in [2.24, 2.45) is 0 Å². The fourth-order valence-electron chi connectivity index (χ4n) is 2.25. The van der Waals surface area contributed by atoms with Crippen molar-refractivity contribution in [1.82, 2.24) is 9.97 Å². The molecule has 0 fully saturated rings. The summed E-state index contributed by atoms with van der Waals surface area (Å²) in [7, 11) is 0. The number of aromatic amines is 2. The quantitative estimate of drug-likeness (QED) is 0.393. The van der Waals surface area contributed by atoms with Gasteiger partial charge in [0.15, 0.2) is 5.78 Å². The standard InChI is InChI=1S/C14H10N2O3/c1-7(17)8-3-2-4-10-9(8)5-6-11-12(10)16-14(19)13(18)15-11/h2-6H,1H3,(H,15,18)(H,16,19). The molecule has 3 rings (SSSR count). The minimum Gasteiger partial charge on any atom is -0.316 e. The summed E-state index contributed by atoms with van der Waals surface area (Å²) in [6.07, 6.45) is 0. The third kappa shape index (κ3) is 1.67. The molecule has 1 heterocycles. The Morgan fingerprint density at radius 3 is 2.42 bits per heavy atom. The number of hydrogen-bond acceptors (Lipinski definition) is 3. The van der Waals surface area contributed by atoms with Crippen molar-refractivity contribution in [1.29, 1.82) is 0 Å². The molecule has 0 unspecified atom stereocenters. The molecule has 0 radical (unpaired) electrons. The third-order valence-corrected chi connectivity index (χ3v) is 3.13. The Balaban J connectivity index is 2.58. The van der Waals surface area contributed by atoms with E-state index >= 15 is 0 Å². The first kappa shape index (κ1) is 11.4. The zero-order chi connectivity index (χ0) is 13.6. The summed E-state index contributed by atoms with van der Waals surface area (Å²) in [6.45, 7) is 1.49. The second-order valence-electron chi connectivity index (χ2n) is 4.35. The van der Waals surface area contributed by atoms with Gasteiger partial charge in [0.2, 0.25) is 0 Å². The van der Waals surface area contributed by atoms with Gasteiger partial charge in [-0.25, -0.2) is 0 Å². The Kier molecular flexibility index (Phi) is 2.35. The van der Waals surface area contributed by atoms with E-state index < -0.39 is 11.1 Å². The molecule has 0 atom stereocenters. The van der Waals surface area contributed by atoms with Crippen LogP contribution in [0, 0.1) is 0 Å². The van der Waals surface area contributed by atoms with Crippen molar-refractivity contribution in [2.45, 2.75) is 6.92 Å². The van der Waals surface area contributed by atoms with Crippen LogP contribution < -0.4 is 11.1 Å². The monoisotopic (exact) mass is 254 g/mol. The van der Waals surface area contributed by atoms with Gasteiger partial charge in [-0.15, -0.1) is 0 Å². The van der Waals surface area contributed by atoms with Crippen LogP contribution in [0.1, 0.15) is 17.3 Å². The molecule has 1 aromatic heterocycles. The van der Waals surface area contributed by atoms with E-state index in [4.69, 9.17) is 0 Å². The number of nitrogens with one attached hydrogen (secondary N) is 2. The Morgan fingerprint density at radius 2 is 1.68 bits per heavy atom. The number of ketones is 1. The maximum atomic E-state index is 11.6. The van der Waals surface area contributed by atoms with Gasteiger partial charge in [0.1, 0.15) is 0 Å². The molecule has 19 heavy (non-hydrogen) atoms. The molecule has 94 valence electrons. The van der Waals surface area contributed by atoms with Gasteiger partial charge in [0, 0.05) is 10.9 Å². The van der Waals surface area contributed by atoms with E-state index in [1.54, 1.807) is 30.3 Å². The van der Waals surface area contributed by atoms with Crippen LogP contribution in [0.2, 0.25) is 0 Å². The van der Waals surface area contributed by atoms with E-state index in [2.05, 4.69) is 9.97 Å². The number of carbonyl (C=O) groups excluding carboxylic acids is 1. The van der Waals surface area contributed by atoms with Gasteiger partial charge in [-0.1, -0.05) is 24.3 Å². The first-order valence-electron chi connectivity index (χ1n) is 5.77. The number of aromatic nitrogens is 2. The van der Waals surface area contributed by atoms with Crippen molar-refractivity contribution in [3.63, 3.8) is 0 Å². The highest BCUT2D eigenvalue weighted by Gasteiger charge is 2.09. The maximum Gasteiger partial charge on any atom is 0.314 e. The summed E-state index contributed by atoms with van der Waals surface area (Å²) in [4.78, 5) is 39.4. The van der Waals surface area contributed by atoms with E-state index in [1.165, 1.54) is 6.92 Å². The van der Waals surface area contributed by atoms with Crippen LogP contribution >= 0.6 is 0 Å². The van der Waals surface area contributed by atoms with Gasteiger partial charge in [0.05, 0.1) is 11.0 Å². The molecule has 0 spiro atoms. The van der Waals surface area contributed by atoms with Crippen LogP contribution in [-0.2, 0) is 0 Å². The third-order valence-electron chi connectivity index (χ3n) is 3.13. The summed E-state index contributed by atoms with van der Waals surface area (Å²) in [5, 5.41) is 1.49. The van der Waals surface area contributed by atoms with Crippen LogP contribution in [0.25, 0.3) is 21.8 Å². The average molecular weight is 254 g/mol. The molecule has 0 aliphatic carbocycles. The highest BCUT2D eigenvalue weighted by Crippen LogP contribution is 2.24. The Labute approximate surface area is 106 Å². The number of benzene rings is 2. The molecule has 0 aliphatic heterocycles. The molecule has 0 saturated heterocycles. The molecule has 0 saturated carbocycles. The Hall–Kier alpha value is -2.69. The molecule has 2 aromatic carbocycles. The van der Waals surface area contributed by atoms with Crippen LogP contribution in [0.15, 0.2) is 39.9 Å². The molecule has 5 heteroatoms. The molecule has 0 amide bonds. The van der Waals surface area contributed by atoms with E-state index in [1.807, 2.05) is 0 Å². The van der Waals surface area contributed by atoms with E-state index in [9.17, 15) is 14.4 Å². The van der Waals surface area contributed by atoms with Crippen molar-refractivity contribution in [3.8, 4) is 0 Å². The fraction of sp³-hybridized carbons (Fsp3) is 0.0714. The number of H-pyrrole nitrogens is 2. The number of rotatable bonds is 1. The normalized spacial score (nSPS) is 11.0. The molecular weight excluding hydrogens is 244 g/mol. The predicted molar refractivity (Wildman–Crippen MR) is 72.7 cm³/mol. The first-order chi connectivity index (χ1) is 9.08. The lowest BCUT2D eigenvalue weighted by Crippen LogP contribution is -2.28. The lowest BCUT2D eigenvalue weighted by Gasteiger charge is -2.06. The number of Topliss-reactive ketones (excluding diaryl/α,β-unsaturated/α-hetero) is 1. The molecule has 3 aromatic rings.